The molecule has 0 saturated carbocycles. The molecule has 2 aromatic heterocycles. The lowest BCUT2D eigenvalue weighted by atomic mass is 9.79. The first kappa shape index (κ1) is 53.7. The number of aromatic nitrogens is 4. The smallest absolute Gasteiger partial charge is 0.399 e. The Morgan fingerprint density at radius 1 is 0.337 bits per heavy atom. The lowest BCUT2D eigenvalue weighted by Crippen LogP contribution is -2.41. The third-order valence-electron chi connectivity index (χ3n) is 17.2. The second-order valence-corrected chi connectivity index (χ2v) is 24.0. The van der Waals surface area contributed by atoms with Crippen LogP contribution in [0.3, 0.4) is 0 Å². The molecule has 11 aromatic rings. The Morgan fingerprint density at radius 2 is 0.663 bits per heavy atom. The van der Waals surface area contributed by atoms with Gasteiger partial charge in [-0.05, 0) is 177 Å². The summed E-state index contributed by atoms with van der Waals surface area (Å²) in [5, 5.41) is 2.15. The van der Waals surface area contributed by atoms with Crippen LogP contribution >= 0.6 is 0 Å². The maximum atomic E-state index is 6.51. The number of nitrogens with zero attached hydrogens (tertiary/aromatic N) is 6. The average molecular weight is 1090 g/mol. The van der Waals surface area contributed by atoms with E-state index < -0.39 is 36.6 Å². The lowest BCUT2D eigenvalue weighted by molar-refractivity contribution is 0.00578. The number of rotatable bonds is 12. The Morgan fingerprint density at radius 3 is 1.04 bits per heavy atom. The van der Waals surface area contributed by atoms with Crippen LogP contribution in [0.1, 0.15) is 66.5 Å². The fourth-order valence-corrected chi connectivity index (χ4v) is 11.1. The van der Waals surface area contributed by atoms with Crippen molar-refractivity contribution in [2.75, 3.05) is 9.80 Å². The van der Waals surface area contributed by atoms with E-state index in [0.717, 1.165) is 89.2 Å². The molecule has 9 aromatic carbocycles. The Bertz CT molecular complexity index is 3910. The first-order valence-electron chi connectivity index (χ1n) is 28.6. The molecule has 83 heavy (non-hydrogen) atoms. The van der Waals surface area contributed by atoms with Crippen molar-refractivity contribution in [3.63, 3.8) is 0 Å². The summed E-state index contributed by atoms with van der Waals surface area (Å²) in [6.07, 6.45) is 0. The molecule has 0 unspecified atom stereocenters. The van der Waals surface area contributed by atoms with Gasteiger partial charge in [-0.2, -0.15) is 0 Å². The highest BCUT2D eigenvalue weighted by molar-refractivity contribution is 6.62. The molecule has 13 rings (SSSR count). The molecule has 0 aliphatic carbocycles. The summed E-state index contributed by atoms with van der Waals surface area (Å²) in [4.78, 5) is 20.0. The van der Waals surface area contributed by atoms with Crippen LogP contribution in [0, 0.1) is 13.8 Å². The molecule has 4 heterocycles. The van der Waals surface area contributed by atoms with Gasteiger partial charge in [0.05, 0.1) is 33.4 Å². The van der Waals surface area contributed by atoms with Crippen LogP contribution < -0.4 is 20.7 Å². The predicted molar refractivity (Wildman–Crippen MR) is 341 cm³/mol. The van der Waals surface area contributed by atoms with Gasteiger partial charge in [-0.25, -0.2) is 15.0 Å². The van der Waals surface area contributed by atoms with Crippen LogP contribution in [0.25, 0.3) is 61.7 Å². The average Bonchev–Trinajstić information content (AvgIpc) is 2.07. The van der Waals surface area contributed by atoms with Gasteiger partial charge in [0, 0.05) is 67.3 Å². The molecule has 2 saturated heterocycles. The van der Waals surface area contributed by atoms with Crippen LogP contribution in [0.2, 0.25) is 0 Å². The monoisotopic (exact) mass is 1090 g/mol. The van der Waals surface area contributed by atoms with Crippen LogP contribution in [-0.4, -0.2) is 56.2 Å². The first-order valence-corrected chi connectivity index (χ1v) is 28.6. The first-order chi connectivity index (χ1) is 39.9. The van der Waals surface area contributed by atoms with E-state index in [1.165, 1.54) is 11.1 Å². The summed E-state index contributed by atoms with van der Waals surface area (Å²) < 4.78 is 28.4. The number of anilines is 6. The van der Waals surface area contributed by atoms with Crippen molar-refractivity contribution < 1.29 is 18.6 Å². The minimum absolute atomic E-state index is 0.457. The zero-order valence-corrected chi connectivity index (χ0v) is 48.8. The molecule has 10 nitrogen and oxygen atoms in total. The summed E-state index contributed by atoms with van der Waals surface area (Å²) >= 11 is 0. The van der Waals surface area contributed by atoms with Gasteiger partial charge in [0.1, 0.15) is 0 Å². The van der Waals surface area contributed by atoms with E-state index in [-0.39, 0.29) is 0 Å². The van der Waals surface area contributed by atoms with Crippen LogP contribution in [0.15, 0.2) is 218 Å². The Labute approximate surface area is 487 Å². The summed E-state index contributed by atoms with van der Waals surface area (Å²) in [6.45, 7) is 21.0. The SMILES string of the molecule is Cc1ccc(N(c2ccc(B3OC(C)(C)C(C)(C)O3)cc2)c2ccc3c(c2)c2cc(N(c4ccc(C)cc4)c4ccc(B5OC(C)(C)C(C)(C)O5)cc4)ccc2n3-c2cccc(-c3nc(-c4ccccc4)nc(-c4ccccc4)n3)c2)cc1. The Balaban J connectivity index is 0.984. The van der Waals surface area contributed by atoms with Gasteiger partial charge in [0.15, 0.2) is 17.5 Å². The molecule has 0 bridgehead atoms. The van der Waals surface area contributed by atoms with Crippen molar-refractivity contribution in [3.8, 4) is 39.9 Å². The van der Waals surface area contributed by atoms with Crippen molar-refractivity contribution in [1.82, 2.24) is 19.5 Å². The zero-order valence-electron chi connectivity index (χ0n) is 48.8. The standard InChI is InChI=1S/C71H66B2N6O4/c1-47-24-32-54(33-25-47)77(56-36-28-52(29-37-56)72-80-68(3,4)69(5,6)81-72)59-40-42-63-61(45-59)62-46-60(78(55-34-26-48(2)27-35-55)57-38-30-53(31-39-57)73-82-70(7,8)71(9,10)83-73)41-43-64(62)79(63)58-23-17-22-51(44-58)67-75-65(49-18-13-11-14-19-49)74-66(76-67)50-20-15-12-16-21-50/h11-46H,1-10H3. The minimum Gasteiger partial charge on any atom is -0.399 e. The second kappa shape index (κ2) is 20.7. The molecule has 2 aliphatic rings. The van der Waals surface area contributed by atoms with Gasteiger partial charge < -0.3 is 33.0 Å². The van der Waals surface area contributed by atoms with E-state index in [0.29, 0.717) is 17.5 Å². The third kappa shape index (κ3) is 9.99. The largest absolute Gasteiger partial charge is 0.494 e. The number of benzene rings is 9. The number of hydrogen-bond acceptors (Lipinski definition) is 9. The molecule has 0 spiro atoms. The zero-order chi connectivity index (χ0) is 57.4. The minimum atomic E-state index is -0.480. The Hall–Kier alpha value is -8.64. The molecular formula is C71H66B2N6O4. The molecule has 0 N–H and O–H groups in total. The number of hydrogen-bond donors (Lipinski definition) is 0. The number of fused-ring (bicyclic) bond motifs is 3. The maximum Gasteiger partial charge on any atom is 0.494 e. The van der Waals surface area contributed by atoms with Crippen molar-refractivity contribution in [1.29, 1.82) is 0 Å². The number of aryl methyl sites for hydroxylation is 2. The van der Waals surface area contributed by atoms with E-state index in [2.05, 4.69) is 241 Å². The third-order valence-corrected chi connectivity index (χ3v) is 17.2. The summed E-state index contributed by atoms with van der Waals surface area (Å²) in [6, 6.07) is 77.1. The van der Waals surface area contributed by atoms with E-state index in [1.807, 2.05) is 60.7 Å². The van der Waals surface area contributed by atoms with Gasteiger partial charge in [0.2, 0.25) is 0 Å². The van der Waals surface area contributed by atoms with E-state index in [9.17, 15) is 0 Å². The molecule has 2 fully saturated rings. The fourth-order valence-electron chi connectivity index (χ4n) is 11.1. The molecule has 0 atom stereocenters. The molecular weight excluding hydrogens is 1020 g/mol. The van der Waals surface area contributed by atoms with Gasteiger partial charge in [-0.1, -0.05) is 132 Å². The van der Waals surface area contributed by atoms with Crippen molar-refractivity contribution >= 4 is 81.1 Å². The Kier molecular flexibility index (Phi) is 13.4. The van der Waals surface area contributed by atoms with E-state index in [1.54, 1.807) is 0 Å². The molecule has 410 valence electrons. The fraction of sp³-hybridized carbons (Fsp3) is 0.197. The van der Waals surface area contributed by atoms with Gasteiger partial charge in [0.25, 0.3) is 0 Å². The van der Waals surface area contributed by atoms with Crippen molar-refractivity contribution in [2.45, 2.75) is 91.6 Å². The van der Waals surface area contributed by atoms with E-state index in [4.69, 9.17) is 33.6 Å². The predicted octanol–water partition coefficient (Wildman–Crippen LogP) is 16.1. The summed E-state index contributed by atoms with van der Waals surface area (Å²) in [7, 11) is -0.960. The van der Waals surface area contributed by atoms with E-state index >= 15 is 0 Å². The highest BCUT2D eigenvalue weighted by atomic mass is 16.7. The topological polar surface area (TPSA) is 87.0 Å². The van der Waals surface area contributed by atoms with Crippen molar-refractivity contribution in [3.05, 3.63) is 230 Å². The second-order valence-electron chi connectivity index (χ2n) is 24.0. The van der Waals surface area contributed by atoms with Gasteiger partial charge in [-0.3, -0.25) is 0 Å². The quantitative estimate of drug-likeness (QED) is 0.111. The normalized spacial score (nSPS) is 16.0. The molecule has 0 radical (unpaired) electrons. The molecule has 2 aliphatic heterocycles. The maximum absolute atomic E-state index is 6.51. The van der Waals surface area contributed by atoms with Crippen LogP contribution in [-0.2, 0) is 18.6 Å². The van der Waals surface area contributed by atoms with Crippen LogP contribution in [0.4, 0.5) is 34.1 Å². The lowest BCUT2D eigenvalue weighted by Gasteiger charge is -2.32. The summed E-state index contributed by atoms with van der Waals surface area (Å²) in [5.41, 5.74) is 14.3. The highest BCUT2D eigenvalue weighted by Crippen LogP contribution is 2.44. The summed E-state index contributed by atoms with van der Waals surface area (Å²) in [5.74, 6) is 1.80. The van der Waals surface area contributed by atoms with Crippen LogP contribution in [0.5, 0.6) is 0 Å². The van der Waals surface area contributed by atoms with Gasteiger partial charge >= 0.3 is 14.2 Å². The molecule has 0 amide bonds. The highest BCUT2D eigenvalue weighted by Gasteiger charge is 2.53. The van der Waals surface area contributed by atoms with Crippen molar-refractivity contribution in [2.24, 2.45) is 0 Å². The molecule has 12 heteroatoms. The van der Waals surface area contributed by atoms with Gasteiger partial charge in [-0.15, -0.1) is 0 Å².